The van der Waals surface area contributed by atoms with Gasteiger partial charge in [0.1, 0.15) is 5.15 Å². The summed E-state index contributed by atoms with van der Waals surface area (Å²) >= 11 is 5.63. The summed E-state index contributed by atoms with van der Waals surface area (Å²) in [7, 11) is 2.02. The minimum Gasteiger partial charge on any atom is -0.374 e. The van der Waals surface area contributed by atoms with E-state index in [2.05, 4.69) is 16.8 Å². The molecule has 0 spiro atoms. The lowest BCUT2D eigenvalue weighted by Crippen LogP contribution is -2.15. The maximum Gasteiger partial charge on any atom is 0.129 e. The van der Waals surface area contributed by atoms with Crippen LogP contribution in [0.2, 0.25) is 5.15 Å². The molecule has 1 rings (SSSR count). The van der Waals surface area contributed by atoms with Gasteiger partial charge in [-0.15, -0.1) is 0 Å². The molecule has 0 fully saturated rings. The number of hydrogen-bond donors (Lipinski definition) is 0. The van der Waals surface area contributed by atoms with Crippen LogP contribution in [0.4, 0.5) is 5.69 Å². The molecule has 1 heterocycles. The Hall–Kier alpha value is -0.760. The predicted octanol–water partition coefficient (Wildman–Crippen LogP) is 2.19. The molecule has 0 aliphatic rings. The quantitative estimate of drug-likeness (QED) is 0.633. The lowest BCUT2D eigenvalue weighted by molar-refractivity contribution is 0.962. The minimum atomic E-state index is 0.540. The second-order valence-electron chi connectivity index (χ2n) is 2.35. The van der Waals surface area contributed by atoms with Crippen LogP contribution in [-0.4, -0.2) is 18.6 Å². The standard InChI is InChI=1S/C8H11ClN2/c1-3-11(2)7-4-5-8(9)10-6-7/h4-6H,3H2,1-2H3. The molecule has 0 atom stereocenters. The van der Waals surface area contributed by atoms with Crippen LogP contribution in [0.15, 0.2) is 18.3 Å². The smallest absolute Gasteiger partial charge is 0.129 e. The van der Waals surface area contributed by atoms with Crippen molar-refractivity contribution in [2.75, 3.05) is 18.5 Å². The molecular formula is C8H11ClN2. The van der Waals surface area contributed by atoms with Gasteiger partial charge >= 0.3 is 0 Å². The molecule has 60 valence electrons. The lowest BCUT2D eigenvalue weighted by Gasteiger charge is -2.15. The van der Waals surface area contributed by atoms with Gasteiger partial charge in [-0.3, -0.25) is 0 Å². The van der Waals surface area contributed by atoms with Gasteiger partial charge in [0.05, 0.1) is 11.9 Å². The minimum absolute atomic E-state index is 0.540. The van der Waals surface area contributed by atoms with Crippen LogP contribution in [0, 0.1) is 0 Å². The zero-order chi connectivity index (χ0) is 8.27. The van der Waals surface area contributed by atoms with E-state index in [4.69, 9.17) is 11.6 Å². The molecule has 11 heavy (non-hydrogen) atoms. The first-order valence-corrected chi connectivity index (χ1v) is 3.94. The molecule has 0 N–H and O–H groups in total. The summed E-state index contributed by atoms with van der Waals surface area (Å²) in [5, 5.41) is 0.540. The van der Waals surface area contributed by atoms with Crippen LogP contribution in [0.25, 0.3) is 0 Å². The van der Waals surface area contributed by atoms with E-state index in [1.54, 1.807) is 12.3 Å². The number of anilines is 1. The Bertz CT molecular complexity index is 220. The van der Waals surface area contributed by atoms with Crippen LogP contribution in [0.3, 0.4) is 0 Å². The molecule has 0 aliphatic carbocycles. The Kier molecular flexibility index (Phi) is 2.71. The predicted molar refractivity (Wildman–Crippen MR) is 48.2 cm³/mol. The zero-order valence-electron chi connectivity index (χ0n) is 6.71. The van der Waals surface area contributed by atoms with E-state index in [9.17, 15) is 0 Å². The maximum absolute atomic E-state index is 5.63. The van der Waals surface area contributed by atoms with Crippen molar-refractivity contribution < 1.29 is 0 Å². The third-order valence-electron chi connectivity index (χ3n) is 1.63. The average molecular weight is 171 g/mol. The largest absolute Gasteiger partial charge is 0.374 e. The van der Waals surface area contributed by atoms with Crippen LogP contribution < -0.4 is 4.90 Å². The van der Waals surface area contributed by atoms with E-state index in [-0.39, 0.29) is 0 Å². The van der Waals surface area contributed by atoms with Crippen molar-refractivity contribution in [3.8, 4) is 0 Å². The second kappa shape index (κ2) is 3.58. The summed E-state index contributed by atoms with van der Waals surface area (Å²) in [6.45, 7) is 3.07. The molecule has 0 saturated heterocycles. The molecule has 0 amide bonds. The molecule has 0 saturated carbocycles. The molecule has 1 aromatic heterocycles. The van der Waals surface area contributed by atoms with Crippen LogP contribution in [0.1, 0.15) is 6.92 Å². The molecule has 2 nitrogen and oxygen atoms in total. The van der Waals surface area contributed by atoms with Gasteiger partial charge in [0.2, 0.25) is 0 Å². The van der Waals surface area contributed by atoms with Gasteiger partial charge in [-0.2, -0.15) is 0 Å². The first kappa shape index (κ1) is 8.34. The van der Waals surface area contributed by atoms with Crippen LogP contribution in [-0.2, 0) is 0 Å². The maximum atomic E-state index is 5.63. The van der Waals surface area contributed by atoms with Gasteiger partial charge in [-0.05, 0) is 19.1 Å². The van der Waals surface area contributed by atoms with Crippen molar-refractivity contribution in [3.63, 3.8) is 0 Å². The molecule has 0 unspecified atom stereocenters. The summed E-state index contributed by atoms with van der Waals surface area (Å²) in [5.74, 6) is 0. The third-order valence-corrected chi connectivity index (χ3v) is 1.85. The first-order valence-electron chi connectivity index (χ1n) is 3.56. The molecule has 0 aliphatic heterocycles. The lowest BCUT2D eigenvalue weighted by atomic mass is 10.4. The third kappa shape index (κ3) is 2.09. The van der Waals surface area contributed by atoms with E-state index in [1.165, 1.54) is 0 Å². The van der Waals surface area contributed by atoms with Gasteiger partial charge in [0, 0.05) is 13.6 Å². The Balaban J connectivity index is 2.81. The van der Waals surface area contributed by atoms with Gasteiger partial charge < -0.3 is 4.90 Å². The van der Waals surface area contributed by atoms with E-state index in [1.807, 2.05) is 13.1 Å². The second-order valence-corrected chi connectivity index (χ2v) is 2.74. The van der Waals surface area contributed by atoms with E-state index < -0.39 is 0 Å². The Morgan fingerprint density at radius 3 is 2.73 bits per heavy atom. The van der Waals surface area contributed by atoms with Crippen LogP contribution >= 0.6 is 11.6 Å². The van der Waals surface area contributed by atoms with E-state index in [0.29, 0.717) is 5.15 Å². The molecule has 0 bridgehead atoms. The van der Waals surface area contributed by atoms with Gasteiger partial charge in [0.25, 0.3) is 0 Å². The van der Waals surface area contributed by atoms with Crippen molar-refractivity contribution in [2.45, 2.75) is 6.92 Å². The number of hydrogen-bond acceptors (Lipinski definition) is 2. The fourth-order valence-electron chi connectivity index (χ4n) is 0.776. The zero-order valence-corrected chi connectivity index (χ0v) is 7.47. The van der Waals surface area contributed by atoms with Crippen molar-refractivity contribution in [3.05, 3.63) is 23.5 Å². The number of pyridine rings is 1. The summed E-state index contributed by atoms with van der Waals surface area (Å²) < 4.78 is 0. The summed E-state index contributed by atoms with van der Waals surface area (Å²) in [5.41, 5.74) is 1.09. The highest BCUT2D eigenvalue weighted by Crippen LogP contribution is 2.12. The fourth-order valence-corrected chi connectivity index (χ4v) is 0.888. The monoisotopic (exact) mass is 170 g/mol. The number of rotatable bonds is 2. The highest BCUT2D eigenvalue weighted by atomic mass is 35.5. The molecule has 1 aromatic rings. The molecule has 0 aromatic carbocycles. The van der Waals surface area contributed by atoms with E-state index >= 15 is 0 Å². The number of nitrogens with zero attached hydrogens (tertiary/aromatic N) is 2. The van der Waals surface area contributed by atoms with Crippen molar-refractivity contribution in [1.82, 2.24) is 4.98 Å². The number of halogens is 1. The SMILES string of the molecule is CCN(C)c1ccc(Cl)nc1. The number of aromatic nitrogens is 1. The summed E-state index contributed by atoms with van der Waals surface area (Å²) in [6.07, 6.45) is 1.77. The average Bonchev–Trinajstić information content (AvgIpc) is 2.05. The van der Waals surface area contributed by atoms with Crippen molar-refractivity contribution in [1.29, 1.82) is 0 Å². The van der Waals surface area contributed by atoms with Gasteiger partial charge in [-0.25, -0.2) is 4.98 Å². The first-order chi connectivity index (χ1) is 5.24. The molecular weight excluding hydrogens is 160 g/mol. The van der Waals surface area contributed by atoms with Crippen molar-refractivity contribution in [2.24, 2.45) is 0 Å². The Morgan fingerprint density at radius 1 is 1.55 bits per heavy atom. The van der Waals surface area contributed by atoms with Crippen molar-refractivity contribution >= 4 is 17.3 Å². The molecule has 3 heteroatoms. The Labute approximate surface area is 71.8 Å². The highest BCUT2D eigenvalue weighted by Gasteiger charge is 1.96. The van der Waals surface area contributed by atoms with Gasteiger partial charge in [-0.1, -0.05) is 11.6 Å². The highest BCUT2D eigenvalue weighted by molar-refractivity contribution is 6.29. The normalized spacial score (nSPS) is 9.73. The van der Waals surface area contributed by atoms with Gasteiger partial charge in [0.15, 0.2) is 0 Å². The topological polar surface area (TPSA) is 16.1 Å². The van der Waals surface area contributed by atoms with Crippen LogP contribution in [0.5, 0.6) is 0 Å². The summed E-state index contributed by atoms with van der Waals surface area (Å²) in [4.78, 5) is 6.07. The van der Waals surface area contributed by atoms with E-state index in [0.717, 1.165) is 12.2 Å². The fraction of sp³-hybridized carbons (Fsp3) is 0.375. The summed E-state index contributed by atoms with van der Waals surface area (Å²) in [6, 6.07) is 3.75. The molecule has 0 radical (unpaired) electrons. The Morgan fingerprint density at radius 2 is 2.27 bits per heavy atom.